The molecule has 8 nitrogen and oxygen atoms in total. The molecule has 4 bridgehead atoms. The molecule has 4 fully saturated rings. The number of hydrogen-bond donors (Lipinski definition) is 2. The highest BCUT2D eigenvalue weighted by Gasteiger charge is 2.51. The molecule has 4 saturated carbocycles. The van der Waals surface area contributed by atoms with E-state index in [-0.39, 0.29) is 12.0 Å². The standard InChI is InChI=1S/C23H26N4O4S/c28-19(26-22(30)27-23-9-14-5-15(10-23)7-16(6-14)11-23)12-31-20(29)8-17-13-32-21(25-17)18-3-1-2-4-24-18/h1-4,13-16H,5-12H2,(H2,26,27,28,30). The quantitative estimate of drug-likeness (QED) is 0.649. The number of nitrogens with zero attached hydrogens (tertiary/aromatic N) is 2. The number of nitrogens with one attached hydrogen (secondary N) is 2. The number of pyridine rings is 1. The van der Waals surface area contributed by atoms with Crippen molar-refractivity contribution in [2.24, 2.45) is 17.8 Å². The third-order valence-corrected chi connectivity index (χ3v) is 7.71. The highest BCUT2D eigenvalue weighted by atomic mass is 32.1. The fourth-order valence-corrected chi connectivity index (χ4v) is 6.83. The minimum Gasteiger partial charge on any atom is -0.455 e. The van der Waals surface area contributed by atoms with Crippen LogP contribution in [0.3, 0.4) is 0 Å². The number of hydrogen-bond acceptors (Lipinski definition) is 7. The molecule has 4 aliphatic carbocycles. The van der Waals surface area contributed by atoms with Gasteiger partial charge in [0.2, 0.25) is 0 Å². The van der Waals surface area contributed by atoms with Crippen LogP contribution in [-0.4, -0.2) is 40.0 Å². The molecule has 0 radical (unpaired) electrons. The Kier molecular flexibility index (Phi) is 5.67. The summed E-state index contributed by atoms with van der Waals surface area (Å²) in [5, 5.41) is 7.87. The van der Waals surface area contributed by atoms with E-state index in [0.717, 1.165) is 25.0 Å². The van der Waals surface area contributed by atoms with Gasteiger partial charge in [0.15, 0.2) is 6.61 Å². The van der Waals surface area contributed by atoms with Crippen molar-refractivity contribution in [2.75, 3.05) is 6.61 Å². The third-order valence-electron chi connectivity index (χ3n) is 6.80. The summed E-state index contributed by atoms with van der Waals surface area (Å²) >= 11 is 1.39. The number of ether oxygens (including phenoxy) is 1. The summed E-state index contributed by atoms with van der Waals surface area (Å²) in [5.74, 6) is 0.888. The highest BCUT2D eigenvalue weighted by Crippen LogP contribution is 2.55. The molecule has 0 atom stereocenters. The number of esters is 1. The predicted molar refractivity (Wildman–Crippen MR) is 118 cm³/mol. The number of carbonyl (C=O) groups excluding carboxylic acids is 3. The maximum absolute atomic E-state index is 12.4. The summed E-state index contributed by atoms with van der Waals surface area (Å²) < 4.78 is 5.04. The van der Waals surface area contributed by atoms with Gasteiger partial charge in [-0.15, -0.1) is 11.3 Å². The van der Waals surface area contributed by atoms with Crippen LogP contribution < -0.4 is 10.6 Å². The lowest BCUT2D eigenvalue weighted by atomic mass is 9.53. The first-order chi connectivity index (χ1) is 15.5. The Morgan fingerprint density at radius 2 is 1.81 bits per heavy atom. The summed E-state index contributed by atoms with van der Waals surface area (Å²) in [6.07, 6.45) is 8.48. The van der Waals surface area contributed by atoms with Crippen molar-refractivity contribution in [2.45, 2.75) is 50.5 Å². The van der Waals surface area contributed by atoms with Crippen LogP contribution in [0.1, 0.15) is 44.2 Å². The van der Waals surface area contributed by atoms with Crippen LogP contribution >= 0.6 is 11.3 Å². The molecule has 4 aliphatic rings. The van der Waals surface area contributed by atoms with Gasteiger partial charge < -0.3 is 10.1 Å². The van der Waals surface area contributed by atoms with E-state index < -0.39 is 24.5 Å². The number of aromatic nitrogens is 2. The maximum Gasteiger partial charge on any atom is 0.321 e. The summed E-state index contributed by atoms with van der Waals surface area (Å²) in [4.78, 5) is 45.2. The Morgan fingerprint density at radius 3 is 2.47 bits per heavy atom. The Morgan fingerprint density at radius 1 is 1.09 bits per heavy atom. The molecule has 2 heterocycles. The van der Waals surface area contributed by atoms with Gasteiger partial charge in [-0.1, -0.05) is 6.07 Å². The van der Waals surface area contributed by atoms with Gasteiger partial charge in [0.05, 0.1) is 17.8 Å². The number of rotatable bonds is 6. The molecule has 2 aromatic rings. The summed E-state index contributed by atoms with van der Waals surface area (Å²) in [6.45, 7) is -0.496. The number of thiazole rings is 1. The Labute approximate surface area is 190 Å². The molecule has 0 aromatic carbocycles. The van der Waals surface area contributed by atoms with Crippen molar-refractivity contribution >= 4 is 29.2 Å². The van der Waals surface area contributed by atoms with E-state index in [4.69, 9.17) is 4.74 Å². The van der Waals surface area contributed by atoms with Crippen LogP contribution in [0.5, 0.6) is 0 Å². The van der Waals surface area contributed by atoms with E-state index in [1.165, 1.54) is 30.6 Å². The molecule has 2 aromatic heterocycles. The topological polar surface area (TPSA) is 110 Å². The number of amides is 3. The van der Waals surface area contributed by atoms with Gasteiger partial charge in [-0.05, 0) is 68.4 Å². The predicted octanol–water partition coefficient (Wildman–Crippen LogP) is 3.09. The highest BCUT2D eigenvalue weighted by molar-refractivity contribution is 7.13. The maximum atomic E-state index is 12.4. The van der Waals surface area contributed by atoms with Gasteiger partial charge in [0.25, 0.3) is 5.91 Å². The molecular formula is C23H26N4O4S. The summed E-state index contributed by atoms with van der Waals surface area (Å²) in [5.41, 5.74) is 1.12. The SMILES string of the molecule is O=C(COC(=O)Cc1csc(-c2ccccn2)n1)NC(=O)NC12CC3CC(CC(C3)C1)C2. The van der Waals surface area contributed by atoms with E-state index in [1.54, 1.807) is 11.6 Å². The van der Waals surface area contributed by atoms with E-state index in [1.807, 2.05) is 18.2 Å². The second-order valence-electron chi connectivity index (χ2n) is 9.40. The van der Waals surface area contributed by atoms with Crippen LogP contribution in [0.25, 0.3) is 10.7 Å². The summed E-state index contributed by atoms with van der Waals surface area (Å²) in [7, 11) is 0. The van der Waals surface area contributed by atoms with Crippen LogP contribution in [0.15, 0.2) is 29.8 Å². The molecule has 0 unspecified atom stereocenters. The smallest absolute Gasteiger partial charge is 0.321 e. The van der Waals surface area contributed by atoms with Crippen molar-refractivity contribution in [1.82, 2.24) is 20.6 Å². The number of carbonyl (C=O) groups is 3. The van der Waals surface area contributed by atoms with E-state index in [0.29, 0.717) is 28.5 Å². The van der Waals surface area contributed by atoms with Gasteiger partial charge in [-0.3, -0.25) is 19.9 Å². The van der Waals surface area contributed by atoms with E-state index in [2.05, 4.69) is 20.6 Å². The molecule has 0 spiro atoms. The fourth-order valence-electron chi connectivity index (χ4n) is 6.04. The third kappa shape index (κ3) is 4.67. The lowest BCUT2D eigenvalue weighted by Crippen LogP contribution is -2.62. The lowest BCUT2D eigenvalue weighted by Gasteiger charge is -2.56. The first-order valence-corrected chi connectivity index (χ1v) is 12.0. The molecular weight excluding hydrogens is 428 g/mol. The minimum atomic E-state index is -0.631. The van der Waals surface area contributed by atoms with Crippen LogP contribution in [0, 0.1) is 17.8 Å². The largest absolute Gasteiger partial charge is 0.455 e. The van der Waals surface area contributed by atoms with Crippen LogP contribution in [-0.2, 0) is 20.7 Å². The van der Waals surface area contributed by atoms with Gasteiger partial charge in [0.1, 0.15) is 5.01 Å². The number of imide groups is 1. The fraction of sp³-hybridized carbons (Fsp3) is 0.522. The molecule has 0 aliphatic heterocycles. The minimum absolute atomic E-state index is 0.0455. The normalized spacial score (nSPS) is 27.7. The average molecular weight is 455 g/mol. The molecule has 168 valence electrons. The summed E-state index contributed by atoms with van der Waals surface area (Å²) in [6, 6.07) is 5.05. The first kappa shape index (κ1) is 21.1. The Balaban J connectivity index is 1.06. The molecule has 0 saturated heterocycles. The second-order valence-corrected chi connectivity index (χ2v) is 10.3. The molecule has 3 amide bonds. The zero-order valence-corrected chi connectivity index (χ0v) is 18.5. The van der Waals surface area contributed by atoms with Crippen molar-refractivity contribution in [3.8, 4) is 10.7 Å². The second kappa shape index (κ2) is 8.61. The van der Waals surface area contributed by atoms with E-state index >= 15 is 0 Å². The Hall–Kier alpha value is -2.81. The monoisotopic (exact) mass is 454 g/mol. The van der Waals surface area contributed by atoms with Crippen LogP contribution in [0.4, 0.5) is 4.79 Å². The van der Waals surface area contributed by atoms with E-state index in [9.17, 15) is 14.4 Å². The lowest BCUT2D eigenvalue weighted by molar-refractivity contribution is -0.147. The van der Waals surface area contributed by atoms with Crippen molar-refractivity contribution < 1.29 is 19.1 Å². The van der Waals surface area contributed by atoms with Crippen molar-refractivity contribution in [1.29, 1.82) is 0 Å². The Bertz CT molecular complexity index is 987. The molecule has 9 heteroatoms. The van der Waals surface area contributed by atoms with Crippen molar-refractivity contribution in [3.05, 3.63) is 35.5 Å². The molecule has 32 heavy (non-hydrogen) atoms. The van der Waals surface area contributed by atoms with Gasteiger partial charge >= 0.3 is 12.0 Å². The van der Waals surface area contributed by atoms with Gasteiger partial charge in [-0.2, -0.15) is 0 Å². The van der Waals surface area contributed by atoms with Crippen LogP contribution in [0.2, 0.25) is 0 Å². The van der Waals surface area contributed by atoms with Crippen molar-refractivity contribution in [3.63, 3.8) is 0 Å². The number of urea groups is 1. The zero-order chi connectivity index (χ0) is 22.1. The molecule has 2 N–H and O–H groups in total. The van der Waals surface area contributed by atoms with Gasteiger partial charge in [0, 0.05) is 17.1 Å². The zero-order valence-electron chi connectivity index (χ0n) is 17.7. The average Bonchev–Trinajstić information content (AvgIpc) is 3.20. The van der Waals surface area contributed by atoms with Gasteiger partial charge in [-0.25, -0.2) is 9.78 Å². The molecule has 6 rings (SSSR count). The first-order valence-electron chi connectivity index (χ1n) is 11.1.